The molecule has 4 heteroatoms. The average molecular weight is 230 g/mol. The van der Waals surface area contributed by atoms with Crippen LogP contribution in [0.25, 0.3) is 0 Å². The van der Waals surface area contributed by atoms with Gasteiger partial charge in [0.1, 0.15) is 0 Å². The van der Waals surface area contributed by atoms with E-state index in [-0.39, 0.29) is 10.8 Å². The molecule has 1 fully saturated rings. The van der Waals surface area contributed by atoms with Crippen molar-refractivity contribution in [2.75, 3.05) is 20.2 Å². The van der Waals surface area contributed by atoms with Gasteiger partial charge >= 0.3 is 0 Å². The van der Waals surface area contributed by atoms with Crippen LogP contribution in [0.1, 0.15) is 17.9 Å². The lowest BCUT2D eigenvalue weighted by molar-refractivity contribution is 0.385. The zero-order chi connectivity index (χ0) is 10.8. The van der Waals surface area contributed by atoms with Gasteiger partial charge in [0.15, 0.2) is 11.6 Å². The highest BCUT2D eigenvalue weighted by molar-refractivity contribution is 6.31. The predicted molar refractivity (Wildman–Crippen MR) is 58.2 cm³/mol. The average Bonchev–Trinajstić information content (AvgIpc) is 2.75. The summed E-state index contributed by atoms with van der Waals surface area (Å²) in [5.74, 6) is 0.162. The van der Waals surface area contributed by atoms with E-state index in [1.54, 1.807) is 12.1 Å². The molecule has 0 radical (unpaired) electrons. The minimum atomic E-state index is -0.478. The number of ether oxygens (including phenoxy) is 1. The zero-order valence-electron chi connectivity index (χ0n) is 8.52. The molecule has 1 N–H and O–H groups in total. The minimum absolute atomic E-state index is 0.135. The van der Waals surface area contributed by atoms with Crippen LogP contribution in [0.3, 0.4) is 0 Å². The minimum Gasteiger partial charge on any atom is -0.494 e. The summed E-state index contributed by atoms with van der Waals surface area (Å²) < 4.78 is 18.3. The van der Waals surface area contributed by atoms with Gasteiger partial charge < -0.3 is 10.1 Å². The Balaban J connectivity index is 2.35. The van der Waals surface area contributed by atoms with Crippen LogP contribution in [-0.4, -0.2) is 20.2 Å². The maximum Gasteiger partial charge on any atom is 0.183 e. The van der Waals surface area contributed by atoms with Gasteiger partial charge in [0, 0.05) is 6.54 Å². The zero-order valence-corrected chi connectivity index (χ0v) is 9.27. The summed E-state index contributed by atoms with van der Waals surface area (Å²) in [6, 6.07) is 3.43. The molecule has 1 saturated heterocycles. The quantitative estimate of drug-likeness (QED) is 0.842. The first-order valence-electron chi connectivity index (χ1n) is 4.96. The molecule has 0 aliphatic carbocycles. The van der Waals surface area contributed by atoms with E-state index < -0.39 is 5.82 Å². The lowest BCUT2D eigenvalue weighted by Gasteiger charge is -2.12. The molecule has 1 aliphatic rings. The van der Waals surface area contributed by atoms with Gasteiger partial charge in [-0.3, -0.25) is 0 Å². The van der Waals surface area contributed by atoms with Crippen LogP contribution < -0.4 is 10.1 Å². The topological polar surface area (TPSA) is 21.3 Å². The molecule has 82 valence electrons. The Labute approximate surface area is 93.4 Å². The largest absolute Gasteiger partial charge is 0.494 e. The molecule has 2 rings (SSSR count). The van der Waals surface area contributed by atoms with E-state index in [9.17, 15) is 4.39 Å². The lowest BCUT2D eigenvalue weighted by Crippen LogP contribution is -2.08. The highest BCUT2D eigenvalue weighted by atomic mass is 35.5. The monoisotopic (exact) mass is 229 g/mol. The van der Waals surface area contributed by atoms with Crippen molar-refractivity contribution >= 4 is 11.6 Å². The van der Waals surface area contributed by atoms with Crippen molar-refractivity contribution < 1.29 is 9.13 Å². The van der Waals surface area contributed by atoms with Crippen LogP contribution in [0.2, 0.25) is 5.02 Å². The Hall–Kier alpha value is -0.800. The van der Waals surface area contributed by atoms with Crippen molar-refractivity contribution in [3.63, 3.8) is 0 Å². The Morgan fingerprint density at radius 1 is 1.53 bits per heavy atom. The number of benzene rings is 1. The Kier molecular flexibility index (Phi) is 3.12. The molecule has 0 aromatic heterocycles. The van der Waals surface area contributed by atoms with Crippen molar-refractivity contribution in [2.24, 2.45) is 0 Å². The SMILES string of the molecule is COc1cc(C2CCNC2)cc(Cl)c1F. The van der Waals surface area contributed by atoms with E-state index in [2.05, 4.69) is 5.32 Å². The van der Waals surface area contributed by atoms with Crippen molar-refractivity contribution in [1.82, 2.24) is 5.32 Å². The maximum atomic E-state index is 13.4. The van der Waals surface area contributed by atoms with E-state index in [4.69, 9.17) is 16.3 Å². The summed E-state index contributed by atoms with van der Waals surface area (Å²) in [6.45, 7) is 1.92. The highest BCUT2D eigenvalue weighted by Crippen LogP contribution is 2.32. The number of halogens is 2. The summed E-state index contributed by atoms with van der Waals surface area (Å²) in [7, 11) is 1.45. The van der Waals surface area contributed by atoms with E-state index in [0.717, 1.165) is 25.1 Å². The number of hydrogen-bond donors (Lipinski definition) is 1. The van der Waals surface area contributed by atoms with Crippen LogP contribution in [0.5, 0.6) is 5.75 Å². The third-order valence-corrected chi connectivity index (χ3v) is 3.04. The second-order valence-corrected chi connectivity index (χ2v) is 4.12. The van der Waals surface area contributed by atoms with Gasteiger partial charge in [-0.15, -0.1) is 0 Å². The van der Waals surface area contributed by atoms with E-state index in [1.165, 1.54) is 7.11 Å². The van der Waals surface area contributed by atoms with Crippen LogP contribution >= 0.6 is 11.6 Å². The first-order valence-corrected chi connectivity index (χ1v) is 5.34. The molecule has 0 amide bonds. The molecule has 1 aromatic carbocycles. The van der Waals surface area contributed by atoms with Gasteiger partial charge in [0.2, 0.25) is 0 Å². The molecule has 0 bridgehead atoms. The normalized spacial score (nSPS) is 20.6. The summed E-state index contributed by atoms with van der Waals surface area (Å²) in [5, 5.41) is 3.40. The molecule has 1 aliphatic heterocycles. The van der Waals surface area contributed by atoms with Crippen molar-refractivity contribution in [2.45, 2.75) is 12.3 Å². The molecular formula is C11H13ClFNO. The Bertz CT molecular complexity index is 364. The number of rotatable bonds is 2. The highest BCUT2D eigenvalue weighted by Gasteiger charge is 2.19. The summed E-state index contributed by atoms with van der Waals surface area (Å²) in [5.41, 5.74) is 1.04. The van der Waals surface area contributed by atoms with Crippen molar-refractivity contribution in [1.29, 1.82) is 0 Å². The number of nitrogens with one attached hydrogen (secondary N) is 1. The summed E-state index contributed by atoms with van der Waals surface area (Å²) >= 11 is 5.80. The lowest BCUT2D eigenvalue weighted by atomic mass is 9.98. The number of methoxy groups -OCH3 is 1. The van der Waals surface area contributed by atoms with Crippen LogP contribution in [-0.2, 0) is 0 Å². The maximum absolute atomic E-state index is 13.4. The second kappa shape index (κ2) is 4.37. The fourth-order valence-electron chi connectivity index (χ4n) is 1.91. The first-order chi connectivity index (χ1) is 7.22. The van der Waals surface area contributed by atoms with Gasteiger partial charge in [-0.25, -0.2) is 4.39 Å². The third kappa shape index (κ3) is 2.08. The summed E-state index contributed by atoms with van der Waals surface area (Å²) in [6.07, 6.45) is 1.06. The van der Waals surface area contributed by atoms with Crippen LogP contribution in [0.4, 0.5) is 4.39 Å². The van der Waals surface area contributed by atoms with E-state index in [1.807, 2.05) is 0 Å². The molecule has 1 atom stereocenters. The van der Waals surface area contributed by atoms with E-state index in [0.29, 0.717) is 5.92 Å². The fraction of sp³-hybridized carbons (Fsp3) is 0.455. The number of hydrogen-bond acceptors (Lipinski definition) is 2. The van der Waals surface area contributed by atoms with Gasteiger partial charge in [0.25, 0.3) is 0 Å². The Morgan fingerprint density at radius 2 is 2.33 bits per heavy atom. The van der Waals surface area contributed by atoms with Crippen LogP contribution in [0.15, 0.2) is 12.1 Å². The molecule has 0 saturated carbocycles. The van der Waals surface area contributed by atoms with Gasteiger partial charge in [0.05, 0.1) is 12.1 Å². The molecule has 0 spiro atoms. The van der Waals surface area contributed by atoms with Gasteiger partial charge in [-0.05, 0) is 36.6 Å². The standard InChI is InChI=1S/C11H13ClFNO/c1-15-10-5-8(4-9(12)11(10)13)7-2-3-14-6-7/h4-5,7,14H,2-3,6H2,1H3. The predicted octanol–water partition coefficient (Wildman–Crippen LogP) is 2.56. The first kappa shape index (κ1) is 10.7. The Morgan fingerprint density at radius 3 is 2.93 bits per heavy atom. The van der Waals surface area contributed by atoms with E-state index >= 15 is 0 Å². The van der Waals surface area contributed by atoms with Gasteiger partial charge in [-0.1, -0.05) is 11.6 Å². The van der Waals surface area contributed by atoms with Crippen molar-refractivity contribution in [3.8, 4) is 5.75 Å². The van der Waals surface area contributed by atoms with Gasteiger partial charge in [-0.2, -0.15) is 0 Å². The molecule has 1 unspecified atom stereocenters. The summed E-state index contributed by atoms with van der Waals surface area (Å²) in [4.78, 5) is 0. The molecular weight excluding hydrogens is 217 g/mol. The molecule has 2 nitrogen and oxygen atoms in total. The molecule has 1 heterocycles. The molecule has 15 heavy (non-hydrogen) atoms. The molecule has 1 aromatic rings. The third-order valence-electron chi connectivity index (χ3n) is 2.77. The fourth-order valence-corrected chi connectivity index (χ4v) is 2.13. The smallest absolute Gasteiger partial charge is 0.183 e. The second-order valence-electron chi connectivity index (χ2n) is 3.71. The van der Waals surface area contributed by atoms with Crippen LogP contribution in [0, 0.1) is 5.82 Å². The van der Waals surface area contributed by atoms with Crippen molar-refractivity contribution in [3.05, 3.63) is 28.5 Å².